The van der Waals surface area contributed by atoms with E-state index in [-0.39, 0.29) is 11.8 Å². The number of hydrogen-bond donors (Lipinski definition) is 1. The van der Waals surface area contributed by atoms with Gasteiger partial charge in [-0.25, -0.2) is 4.98 Å². The summed E-state index contributed by atoms with van der Waals surface area (Å²) in [5, 5.41) is 0. The number of benzene rings is 3. The quantitative estimate of drug-likeness (QED) is 0.298. The summed E-state index contributed by atoms with van der Waals surface area (Å²) < 4.78 is 18.0. The first kappa shape index (κ1) is 20.0. The first-order chi connectivity index (χ1) is 15.9. The molecule has 0 atom stereocenters. The lowest BCUT2D eigenvalue weighted by molar-refractivity contribution is 0.834. The van der Waals surface area contributed by atoms with E-state index in [0.717, 1.165) is 33.5 Å². The second kappa shape index (κ2) is 8.71. The number of nitrogens with zero attached hydrogens (tertiary/aromatic N) is 1. The Kier molecular flexibility index (Phi) is 5.44. The van der Waals surface area contributed by atoms with Gasteiger partial charge in [0.25, 0.3) is 0 Å². The smallest absolute Gasteiger partial charge is 0.138 e. The number of imidazole rings is 1. The minimum absolute atomic E-state index is 0.257. The Labute approximate surface area is 196 Å². The number of aromatic amines is 1. The van der Waals surface area contributed by atoms with Crippen molar-refractivity contribution >= 4 is 19.1 Å². The molecule has 3 heteroatoms. The minimum Gasteiger partial charge on any atom is -0.338 e. The summed E-state index contributed by atoms with van der Waals surface area (Å²) in [4.78, 5) is 8.56. The Bertz CT molecular complexity index is 1290. The second-order valence-electron chi connectivity index (χ2n) is 10.4. The Balaban J connectivity index is 2.02. The van der Waals surface area contributed by atoms with E-state index in [4.69, 9.17) is 7.73 Å². The molecule has 0 saturated heterocycles. The fourth-order valence-corrected chi connectivity index (χ4v) is 5.39. The number of hydrogen-bond acceptors (Lipinski definition) is 1. The fraction of sp³-hybridized carbons (Fsp3) is 0.345. The van der Waals surface area contributed by atoms with Crippen molar-refractivity contribution in [3.63, 3.8) is 0 Å². The molecular formula is C29H36N2Si. The molecular weight excluding hydrogens is 404 g/mol. The van der Waals surface area contributed by atoms with Crippen LogP contribution >= 0.6 is 0 Å². The van der Waals surface area contributed by atoms with Crippen LogP contribution in [0.1, 0.15) is 59.0 Å². The average molecular weight is 443 g/mol. The number of nitrogens with one attached hydrogen (secondary N) is 1. The molecule has 0 amide bonds. The molecule has 0 aliphatic carbocycles. The van der Waals surface area contributed by atoms with Crippen LogP contribution in [0, 0.1) is 0 Å². The van der Waals surface area contributed by atoms with Crippen molar-refractivity contribution in [2.75, 3.05) is 0 Å². The lowest BCUT2D eigenvalue weighted by Crippen LogP contribution is -2.24. The first-order valence-electron chi connectivity index (χ1n) is 12.6. The molecule has 0 fully saturated rings. The molecule has 0 aliphatic rings. The summed E-state index contributed by atoms with van der Waals surface area (Å²) in [6, 6.07) is 20.8. The van der Waals surface area contributed by atoms with Crippen molar-refractivity contribution in [2.45, 2.75) is 65.2 Å². The third kappa shape index (κ3) is 4.58. The molecule has 1 aromatic heterocycles. The fourth-order valence-electron chi connectivity index (χ4n) is 4.38. The van der Waals surface area contributed by atoms with E-state index in [2.05, 4.69) is 94.8 Å². The van der Waals surface area contributed by atoms with Crippen LogP contribution in [0.4, 0.5) is 0 Å². The Morgan fingerprint density at radius 1 is 0.875 bits per heavy atom. The molecule has 0 unspecified atom stereocenters. The molecule has 0 saturated carbocycles. The number of aromatic nitrogens is 2. The maximum absolute atomic E-state index is 9.01. The molecule has 0 aliphatic heterocycles. The van der Waals surface area contributed by atoms with Gasteiger partial charge in [-0.3, -0.25) is 0 Å². The molecule has 166 valence electrons. The van der Waals surface area contributed by atoms with Gasteiger partial charge in [0.1, 0.15) is 5.82 Å². The Morgan fingerprint density at radius 3 is 2.06 bits per heavy atom. The summed E-state index contributed by atoms with van der Waals surface area (Å²) in [6.45, 7) is 15.2. The molecule has 1 N–H and O–H groups in total. The third-order valence-electron chi connectivity index (χ3n) is 5.79. The molecule has 1 heterocycles. The van der Waals surface area contributed by atoms with Crippen LogP contribution in [0.5, 0.6) is 0 Å². The minimum atomic E-state index is -2.10. The van der Waals surface area contributed by atoms with Gasteiger partial charge in [0.2, 0.25) is 0 Å². The summed E-state index contributed by atoms with van der Waals surface area (Å²) >= 11 is 0. The normalized spacial score (nSPS) is 13.7. The summed E-state index contributed by atoms with van der Waals surface area (Å²) in [5.41, 5.74) is 8.58. The van der Waals surface area contributed by atoms with E-state index in [0.29, 0.717) is 0 Å². The molecule has 2 nitrogen and oxygen atoms in total. The van der Waals surface area contributed by atoms with Gasteiger partial charge in [-0.1, -0.05) is 107 Å². The third-order valence-corrected chi connectivity index (χ3v) is 6.83. The summed E-state index contributed by atoms with van der Waals surface area (Å²) in [6.07, 6.45) is 0. The highest BCUT2D eigenvalue weighted by molar-refractivity contribution is 6.75. The summed E-state index contributed by atoms with van der Waals surface area (Å²) in [5.74, 6) is 0.0738. The lowest BCUT2D eigenvalue weighted by Gasteiger charge is -2.24. The second-order valence-corrected chi connectivity index (χ2v) is 15.1. The van der Waals surface area contributed by atoms with Crippen LogP contribution in [-0.4, -0.2) is 18.0 Å². The zero-order valence-corrected chi connectivity index (χ0v) is 21.4. The Morgan fingerprint density at radius 2 is 1.50 bits per heavy atom. The van der Waals surface area contributed by atoms with Crippen LogP contribution in [0.15, 0.2) is 60.7 Å². The van der Waals surface area contributed by atoms with Crippen molar-refractivity contribution in [1.29, 1.82) is 0 Å². The number of para-hydroxylation sites is 1. The molecule has 4 aromatic rings. The largest absolute Gasteiger partial charge is 0.338 e. The van der Waals surface area contributed by atoms with Crippen LogP contribution in [-0.2, 0) is 6.00 Å². The van der Waals surface area contributed by atoms with Crippen LogP contribution in [0.2, 0.25) is 19.6 Å². The number of H-pyrrole nitrogens is 1. The van der Waals surface area contributed by atoms with Gasteiger partial charge in [0.15, 0.2) is 0 Å². The molecule has 0 spiro atoms. The van der Waals surface area contributed by atoms with E-state index in [1.54, 1.807) is 0 Å². The van der Waals surface area contributed by atoms with Gasteiger partial charge < -0.3 is 4.98 Å². The average Bonchev–Trinajstić information content (AvgIpc) is 3.22. The predicted molar refractivity (Wildman–Crippen MR) is 142 cm³/mol. The topological polar surface area (TPSA) is 28.7 Å². The van der Waals surface area contributed by atoms with Gasteiger partial charge in [0, 0.05) is 21.9 Å². The van der Waals surface area contributed by atoms with Gasteiger partial charge in [-0.2, -0.15) is 0 Å². The van der Waals surface area contributed by atoms with Crippen LogP contribution in [0.3, 0.4) is 0 Å². The van der Waals surface area contributed by atoms with Gasteiger partial charge in [-0.15, -0.1) is 0 Å². The van der Waals surface area contributed by atoms with Crippen molar-refractivity contribution in [3.05, 3.63) is 77.4 Å². The molecule has 32 heavy (non-hydrogen) atoms. The number of rotatable bonds is 6. The van der Waals surface area contributed by atoms with Crippen LogP contribution in [0.25, 0.3) is 33.5 Å². The lowest BCUT2D eigenvalue weighted by atomic mass is 9.83. The molecule has 0 radical (unpaired) electrons. The zero-order chi connectivity index (χ0) is 24.8. The monoisotopic (exact) mass is 442 g/mol. The van der Waals surface area contributed by atoms with Crippen molar-refractivity contribution in [3.8, 4) is 22.5 Å². The van der Waals surface area contributed by atoms with Crippen LogP contribution < -0.4 is 0 Å². The molecule has 4 rings (SSSR count). The van der Waals surface area contributed by atoms with E-state index in [1.165, 1.54) is 16.7 Å². The Hall–Kier alpha value is -2.65. The van der Waals surface area contributed by atoms with Gasteiger partial charge >= 0.3 is 0 Å². The van der Waals surface area contributed by atoms with Crippen molar-refractivity contribution in [2.24, 2.45) is 0 Å². The van der Waals surface area contributed by atoms with E-state index < -0.39 is 14.1 Å². The maximum Gasteiger partial charge on any atom is 0.138 e. The first-order valence-corrected chi connectivity index (χ1v) is 15.1. The highest BCUT2D eigenvalue weighted by Crippen LogP contribution is 2.40. The highest BCUT2D eigenvalue weighted by atomic mass is 28.3. The standard InChI is InChI=1S/C29H36N2Si/c1-19(2)24-16-21(18-32(5,6)7)17-25(20(3)4)27(24)23-14-11-15-26-28(23)31-29(30-26)22-12-9-8-10-13-22/h8-17,19-20H,18H2,1-7H3,(H,30,31)/i18D2. The van der Waals surface area contributed by atoms with E-state index >= 15 is 0 Å². The zero-order valence-electron chi connectivity index (χ0n) is 22.4. The van der Waals surface area contributed by atoms with E-state index in [9.17, 15) is 0 Å². The summed E-state index contributed by atoms with van der Waals surface area (Å²) in [7, 11) is -2.10. The predicted octanol–water partition coefficient (Wildman–Crippen LogP) is 8.56. The number of fused-ring (bicyclic) bond motifs is 1. The SMILES string of the molecule is [2H]C([2H])(c1cc(C(C)C)c(-c2cccc3[nH]c(-c4ccccc4)nc23)c(C(C)C)c1)[Si](C)(C)C. The van der Waals surface area contributed by atoms with E-state index in [1.807, 2.05) is 18.2 Å². The maximum atomic E-state index is 9.01. The van der Waals surface area contributed by atoms with Crippen molar-refractivity contribution in [1.82, 2.24) is 9.97 Å². The highest BCUT2D eigenvalue weighted by Gasteiger charge is 2.22. The van der Waals surface area contributed by atoms with Gasteiger partial charge in [0.05, 0.1) is 11.0 Å². The molecule has 3 aromatic carbocycles. The molecule has 0 bridgehead atoms. The van der Waals surface area contributed by atoms with Crippen molar-refractivity contribution < 1.29 is 2.74 Å². The van der Waals surface area contributed by atoms with Gasteiger partial charge in [-0.05, 0) is 40.6 Å².